The van der Waals surface area contributed by atoms with E-state index in [1.165, 1.54) is 0 Å². The SMILES string of the molecule is O=Cc1ccc(OCC(O)CN(Cc2ccco2)C2CCS(=O)(=O)C2)cc1. The number of nitrogens with zero attached hydrogens (tertiary/aromatic N) is 1. The van der Waals surface area contributed by atoms with Crippen LogP contribution in [0.15, 0.2) is 47.1 Å². The van der Waals surface area contributed by atoms with Crippen LogP contribution < -0.4 is 4.74 Å². The van der Waals surface area contributed by atoms with Crippen molar-refractivity contribution in [2.45, 2.75) is 25.1 Å². The molecular weight excluding hydrogens is 370 g/mol. The van der Waals surface area contributed by atoms with E-state index in [0.717, 1.165) is 12.0 Å². The molecule has 2 aromatic rings. The Bertz CT molecular complexity index is 832. The fourth-order valence-electron chi connectivity index (χ4n) is 3.17. The van der Waals surface area contributed by atoms with Gasteiger partial charge in [0.25, 0.3) is 0 Å². The van der Waals surface area contributed by atoms with Gasteiger partial charge in [-0.3, -0.25) is 9.69 Å². The standard InChI is InChI=1S/C19H23NO6S/c21-12-15-3-5-18(6-4-15)26-13-17(22)10-20(11-19-2-1-8-25-19)16-7-9-27(23,24)14-16/h1-6,8,12,16-17,22H,7,9-11,13-14H2. The topological polar surface area (TPSA) is 97.1 Å². The molecule has 0 radical (unpaired) electrons. The molecule has 7 nitrogen and oxygen atoms in total. The molecule has 1 aromatic carbocycles. The highest BCUT2D eigenvalue weighted by molar-refractivity contribution is 7.91. The van der Waals surface area contributed by atoms with Crippen molar-refractivity contribution in [2.24, 2.45) is 0 Å². The minimum atomic E-state index is -3.03. The summed E-state index contributed by atoms with van der Waals surface area (Å²) in [5.74, 6) is 1.54. The molecule has 1 aromatic heterocycles. The zero-order valence-electron chi connectivity index (χ0n) is 14.9. The molecule has 27 heavy (non-hydrogen) atoms. The van der Waals surface area contributed by atoms with Crippen molar-refractivity contribution >= 4 is 16.1 Å². The average molecular weight is 393 g/mol. The summed E-state index contributed by atoms with van der Waals surface area (Å²) in [5.41, 5.74) is 0.551. The maximum atomic E-state index is 11.8. The van der Waals surface area contributed by atoms with Crippen molar-refractivity contribution in [1.82, 2.24) is 4.90 Å². The molecule has 2 atom stereocenters. The lowest BCUT2D eigenvalue weighted by Gasteiger charge is -2.29. The van der Waals surface area contributed by atoms with Gasteiger partial charge < -0.3 is 14.3 Å². The van der Waals surface area contributed by atoms with E-state index in [1.807, 2.05) is 11.0 Å². The van der Waals surface area contributed by atoms with E-state index in [4.69, 9.17) is 9.15 Å². The summed E-state index contributed by atoms with van der Waals surface area (Å²) < 4.78 is 34.6. The van der Waals surface area contributed by atoms with Crippen LogP contribution in [0.25, 0.3) is 0 Å². The number of aldehydes is 1. The van der Waals surface area contributed by atoms with Gasteiger partial charge in [0.05, 0.1) is 24.3 Å². The Hall–Kier alpha value is -2.16. The van der Waals surface area contributed by atoms with E-state index in [1.54, 1.807) is 36.6 Å². The molecule has 2 heterocycles. The fraction of sp³-hybridized carbons (Fsp3) is 0.421. The molecule has 8 heteroatoms. The van der Waals surface area contributed by atoms with Crippen LogP contribution in [0.4, 0.5) is 0 Å². The summed E-state index contributed by atoms with van der Waals surface area (Å²) in [7, 11) is -3.03. The number of hydrogen-bond donors (Lipinski definition) is 1. The number of aliphatic hydroxyl groups excluding tert-OH is 1. The van der Waals surface area contributed by atoms with Crippen LogP contribution in [-0.2, 0) is 16.4 Å². The average Bonchev–Trinajstić information content (AvgIpc) is 3.29. The van der Waals surface area contributed by atoms with E-state index in [2.05, 4.69) is 0 Å². The highest BCUT2D eigenvalue weighted by Gasteiger charge is 2.33. The molecule has 1 aliphatic rings. The van der Waals surface area contributed by atoms with Crippen molar-refractivity contribution in [1.29, 1.82) is 0 Å². The molecule has 1 saturated heterocycles. The number of carbonyl (C=O) groups is 1. The van der Waals surface area contributed by atoms with E-state index in [9.17, 15) is 18.3 Å². The van der Waals surface area contributed by atoms with Crippen LogP contribution in [0.5, 0.6) is 5.75 Å². The maximum absolute atomic E-state index is 11.8. The van der Waals surface area contributed by atoms with E-state index in [-0.39, 0.29) is 30.7 Å². The first-order valence-corrected chi connectivity index (χ1v) is 10.6. The molecule has 1 aliphatic heterocycles. The first-order valence-electron chi connectivity index (χ1n) is 8.78. The lowest BCUT2D eigenvalue weighted by atomic mass is 10.2. The number of ether oxygens (including phenoxy) is 1. The number of hydrogen-bond acceptors (Lipinski definition) is 7. The van der Waals surface area contributed by atoms with Crippen LogP contribution in [0.3, 0.4) is 0 Å². The van der Waals surface area contributed by atoms with Gasteiger partial charge in [0.2, 0.25) is 0 Å². The van der Waals surface area contributed by atoms with E-state index < -0.39 is 15.9 Å². The molecule has 1 fully saturated rings. The molecule has 146 valence electrons. The zero-order chi connectivity index (χ0) is 19.3. The summed E-state index contributed by atoms with van der Waals surface area (Å²) in [6.45, 7) is 0.764. The first-order chi connectivity index (χ1) is 12.9. The third-order valence-electron chi connectivity index (χ3n) is 4.57. The van der Waals surface area contributed by atoms with Gasteiger partial charge in [0, 0.05) is 18.2 Å². The van der Waals surface area contributed by atoms with Crippen molar-refractivity contribution in [3.05, 3.63) is 54.0 Å². The van der Waals surface area contributed by atoms with Crippen LogP contribution in [0.1, 0.15) is 22.5 Å². The number of sulfone groups is 1. The highest BCUT2D eigenvalue weighted by Crippen LogP contribution is 2.21. The minimum absolute atomic E-state index is 0.0640. The quantitative estimate of drug-likeness (QED) is 0.645. The fourth-order valence-corrected chi connectivity index (χ4v) is 4.93. The second kappa shape index (κ2) is 8.69. The summed E-state index contributed by atoms with van der Waals surface area (Å²) >= 11 is 0. The molecule has 0 amide bonds. The number of furan rings is 1. The normalized spacial score (nSPS) is 19.9. The van der Waals surface area contributed by atoms with Gasteiger partial charge in [-0.1, -0.05) is 0 Å². The van der Waals surface area contributed by atoms with E-state index in [0.29, 0.717) is 24.3 Å². The summed E-state index contributed by atoms with van der Waals surface area (Å²) in [6.07, 6.45) is 2.07. The zero-order valence-corrected chi connectivity index (χ0v) is 15.7. The smallest absolute Gasteiger partial charge is 0.151 e. The maximum Gasteiger partial charge on any atom is 0.151 e. The monoisotopic (exact) mass is 393 g/mol. The van der Waals surface area contributed by atoms with Gasteiger partial charge in [-0.15, -0.1) is 0 Å². The Morgan fingerprint density at radius 3 is 2.67 bits per heavy atom. The molecule has 2 unspecified atom stereocenters. The Kier molecular flexibility index (Phi) is 6.30. The Morgan fingerprint density at radius 2 is 2.07 bits per heavy atom. The van der Waals surface area contributed by atoms with Crippen molar-refractivity contribution in [2.75, 3.05) is 24.7 Å². The van der Waals surface area contributed by atoms with Gasteiger partial charge in [0.15, 0.2) is 9.84 Å². The Morgan fingerprint density at radius 1 is 1.30 bits per heavy atom. The third-order valence-corrected chi connectivity index (χ3v) is 6.32. The van der Waals surface area contributed by atoms with Gasteiger partial charge in [0.1, 0.15) is 30.5 Å². The number of benzene rings is 1. The van der Waals surface area contributed by atoms with Crippen LogP contribution in [-0.4, -0.2) is 61.5 Å². The second-order valence-electron chi connectivity index (χ2n) is 6.72. The van der Waals surface area contributed by atoms with Crippen molar-refractivity contribution < 1.29 is 27.5 Å². The lowest BCUT2D eigenvalue weighted by molar-refractivity contribution is 0.0497. The predicted molar refractivity (Wildman–Crippen MR) is 99.5 cm³/mol. The molecule has 3 rings (SSSR count). The summed E-state index contributed by atoms with van der Waals surface area (Å²) in [4.78, 5) is 12.6. The first kappa shape index (κ1) is 19.6. The molecule has 0 saturated carbocycles. The van der Waals surface area contributed by atoms with Crippen molar-refractivity contribution in [3.63, 3.8) is 0 Å². The molecule has 0 aliphatic carbocycles. The Balaban J connectivity index is 1.59. The summed E-state index contributed by atoms with van der Waals surface area (Å²) in [6, 6.07) is 10.1. The van der Waals surface area contributed by atoms with Gasteiger partial charge in [-0.05, 0) is 42.8 Å². The minimum Gasteiger partial charge on any atom is -0.491 e. The third kappa shape index (κ3) is 5.66. The molecule has 1 N–H and O–H groups in total. The summed E-state index contributed by atoms with van der Waals surface area (Å²) in [5, 5.41) is 10.4. The highest BCUT2D eigenvalue weighted by atomic mass is 32.2. The molecular formula is C19H23NO6S. The Labute approximate surface area is 158 Å². The number of rotatable bonds is 9. The van der Waals surface area contributed by atoms with Gasteiger partial charge >= 0.3 is 0 Å². The second-order valence-corrected chi connectivity index (χ2v) is 8.95. The van der Waals surface area contributed by atoms with E-state index >= 15 is 0 Å². The molecule has 0 spiro atoms. The van der Waals surface area contributed by atoms with Crippen LogP contribution in [0.2, 0.25) is 0 Å². The van der Waals surface area contributed by atoms with Gasteiger partial charge in [-0.25, -0.2) is 8.42 Å². The van der Waals surface area contributed by atoms with Crippen molar-refractivity contribution in [3.8, 4) is 5.75 Å². The number of aliphatic hydroxyl groups is 1. The largest absolute Gasteiger partial charge is 0.491 e. The molecule has 0 bridgehead atoms. The number of carbonyl (C=O) groups excluding carboxylic acids is 1. The predicted octanol–water partition coefficient (Wildman–Crippen LogP) is 1.52. The van der Waals surface area contributed by atoms with Gasteiger partial charge in [-0.2, -0.15) is 0 Å². The van der Waals surface area contributed by atoms with Crippen LogP contribution in [0, 0.1) is 0 Å². The van der Waals surface area contributed by atoms with Crippen LogP contribution >= 0.6 is 0 Å². The lowest BCUT2D eigenvalue weighted by Crippen LogP contribution is -2.42.